The van der Waals surface area contributed by atoms with Crippen molar-refractivity contribution >= 4 is 21.9 Å². The zero-order valence-electron chi connectivity index (χ0n) is 10.5. The average molecular weight is 299 g/mol. The fraction of sp³-hybridized carbons (Fsp3) is 0.750. The highest BCUT2D eigenvalue weighted by molar-refractivity contribution is 9.09. The van der Waals surface area contributed by atoms with Gasteiger partial charge in [0.25, 0.3) is 0 Å². The normalized spacial score (nSPS) is 20.6. The summed E-state index contributed by atoms with van der Waals surface area (Å²) >= 11 is 3.53. The maximum absolute atomic E-state index is 4.57. The Balaban J connectivity index is 2.20. The van der Waals surface area contributed by atoms with Crippen molar-refractivity contribution in [1.82, 2.24) is 15.2 Å². The first-order valence-corrected chi connectivity index (χ1v) is 7.35. The van der Waals surface area contributed by atoms with Crippen LogP contribution in [0, 0.1) is 13.8 Å². The second kappa shape index (κ2) is 5.76. The number of aryl methyl sites for hydroxylation is 2. The van der Waals surface area contributed by atoms with Crippen LogP contribution in [0.5, 0.6) is 0 Å². The van der Waals surface area contributed by atoms with Gasteiger partial charge in [0, 0.05) is 17.9 Å². The molecule has 0 amide bonds. The largest absolute Gasteiger partial charge is 0.337 e. The van der Waals surface area contributed by atoms with Crippen LogP contribution in [0.15, 0.2) is 0 Å². The van der Waals surface area contributed by atoms with Gasteiger partial charge in [-0.3, -0.25) is 0 Å². The quantitative estimate of drug-likeness (QED) is 0.805. The molecule has 17 heavy (non-hydrogen) atoms. The van der Waals surface area contributed by atoms with Gasteiger partial charge in [0.1, 0.15) is 0 Å². The topological polar surface area (TPSA) is 41.9 Å². The first-order valence-electron chi connectivity index (χ1n) is 6.23. The van der Waals surface area contributed by atoms with Gasteiger partial charge in [0.05, 0.1) is 11.4 Å². The van der Waals surface area contributed by atoms with Crippen molar-refractivity contribution in [3.63, 3.8) is 0 Å². The van der Waals surface area contributed by atoms with E-state index in [9.17, 15) is 0 Å². The van der Waals surface area contributed by atoms with Crippen molar-refractivity contribution in [1.29, 1.82) is 0 Å². The van der Waals surface area contributed by atoms with Gasteiger partial charge in [0.15, 0.2) is 0 Å². The van der Waals surface area contributed by atoms with Crippen LogP contribution < -0.4 is 4.90 Å². The summed E-state index contributed by atoms with van der Waals surface area (Å²) < 4.78 is 0. The molecule has 1 fully saturated rings. The van der Waals surface area contributed by atoms with Crippen LogP contribution in [0.3, 0.4) is 0 Å². The van der Waals surface area contributed by atoms with Crippen LogP contribution >= 0.6 is 15.9 Å². The Hall–Kier alpha value is -0.710. The van der Waals surface area contributed by atoms with Gasteiger partial charge in [-0.25, -0.2) is 4.98 Å². The average Bonchev–Trinajstić information content (AvgIpc) is 2.34. The summed E-state index contributed by atoms with van der Waals surface area (Å²) in [4.78, 5) is 6.89. The monoisotopic (exact) mass is 298 g/mol. The summed E-state index contributed by atoms with van der Waals surface area (Å²) in [5, 5.41) is 9.46. The van der Waals surface area contributed by atoms with Crippen LogP contribution in [-0.2, 0) is 0 Å². The SMILES string of the molecule is Cc1nnc(N2CCCCC2CCBr)nc1C. The van der Waals surface area contributed by atoms with E-state index in [-0.39, 0.29) is 0 Å². The lowest BCUT2D eigenvalue weighted by atomic mass is 10.0. The number of hydrogen-bond donors (Lipinski definition) is 0. The Morgan fingerprint density at radius 1 is 1.24 bits per heavy atom. The molecule has 94 valence electrons. The zero-order valence-corrected chi connectivity index (χ0v) is 12.1. The maximum atomic E-state index is 4.57. The molecule has 1 unspecified atom stereocenters. The van der Waals surface area contributed by atoms with E-state index in [1.165, 1.54) is 19.3 Å². The Labute approximate surface area is 111 Å². The minimum Gasteiger partial charge on any atom is -0.337 e. The molecule has 0 spiro atoms. The van der Waals surface area contributed by atoms with Crippen molar-refractivity contribution in [2.75, 3.05) is 16.8 Å². The van der Waals surface area contributed by atoms with Gasteiger partial charge in [0.2, 0.25) is 5.95 Å². The number of hydrogen-bond acceptors (Lipinski definition) is 4. The summed E-state index contributed by atoms with van der Waals surface area (Å²) in [5.41, 5.74) is 1.90. The molecule has 0 aromatic carbocycles. The number of piperidine rings is 1. The van der Waals surface area contributed by atoms with E-state index >= 15 is 0 Å². The highest BCUT2D eigenvalue weighted by atomic mass is 79.9. The summed E-state index contributed by atoms with van der Waals surface area (Å²) in [7, 11) is 0. The molecule has 1 saturated heterocycles. The number of anilines is 1. The molecule has 0 aliphatic carbocycles. The lowest BCUT2D eigenvalue weighted by Gasteiger charge is -2.35. The van der Waals surface area contributed by atoms with E-state index < -0.39 is 0 Å². The standard InChI is InChI=1S/C12H19BrN4/c1-9-10(2)15-16-12(14-9)17-8-4-3-5-11(17)6-7-13/h11H,3-8H2,1-2H3. The van der Waals surface area contributed by atoms with E-state index in [1.807, 2.05) is 13.8 Å². The molecule has 0 N–H and O–H groups in total. The minimum atomic E-state index is 0.562. The van der Waals surface area contributed by atoms with Crippen LogP contribution in [0.25, 0.3) is 0 Å². The van der Waals surface area contributed by atoms with Gasteiger partial charge in [-0.05, 0) is 39.5 Å². The van der Waals surface area contributed by atoms with E-state index in [0.29, 0.717) is 6.04 Å². The molecule has 2 rings (SSSR count). The number of aromatic nitrogens is 3. The van der Waals surface area contributed by atoms with E-state index in [0.717, 1.165) is 35.6 Å². The molecule has 2 heterocycles. The molecule has 1 aromatic rings. The first-order chi connectivity index (χ1) is 8.22. The molecular weight excluding hydrogens is 280 g/mol. The molecule has 1 aliphatic rings. The van der Waals surface area contributed by atoms with E-state index in [4.69, 9.17) is 0 Å². The summed E-state index contributed by atoms with van der Waals surface area (Å²) in [6, 6.07) is 0.562. The van der Waals surface area contributed by atoms with Gasteiger partial charge in [-0.2, -0.15) is 5.10 Å². The first kappa shape index (κ1) is 12.7. The molecule has 1 aliphatic heterocycles. The molecule has 4 nitrogen and oxygen atoms in total. The molecule has 0 bridgehead atoms. The second-order valence-electron chi connectivity index (χ2n) is 4.60. The van der Waals surface area contributed by atoms with Crippen molar-refractivity contribution in [2.24, 2.45) is 0 Å². The zero-order chi connectivity index (χ0) is 12.3. The number of alkyl halides is 1. The van der Waals surface area contributed by atoms with E-state index in [1.54, 1.807) is 0 Å². The maximum Gasteiger partial charge on any atom is 0.245 e. The third-order valence-corrected chi connectivity index (χ3v) is 3.86. The predicted molar refractivity (Wildman–Crippen MR) is 72.7 cm³/mol. The lowest BCUT2D eigenvalue weighted by Crippen LogP contribution is -2.41. The third-order valence-electron chi connectivity index (χ3n) is 3.41. The molecule has 5 heteroatoms. The Morgan fingerprint density at radius 3 is 2.76 bits per heavy atom. The van der Waals surface area contributed by atoms with Gasteiger partial charge >= 0.3 is 0 Å². The summed E-state index contributed by atoms with van der Waals surface area (Å²) in [5.74, 6) is 0.804. The van der Waals surface area contributed by atoms with Crippen LogP contribution in [0.2, 0.25) is 0 Å². The number of rotatable bonds is 3. The van der Waals surface area contributed by atoms with Crippen LogP contribution in [0.1, 0.15) is 37.1 Å². The van der Waals surface area contributed by atoms with Gasteiger partial charge < -0.3 is 4.90 Å². The van der Waals surface area contributed by atoms with Crippen molar-refractivity contribution < 1.29 is 0 Å². The summed E-state index contributed by atoms with van der Waals surface area (Å²) in [6.45, 7) is 5.00. The molecule has 0 radical (unpaired) electrons. The van der Waals surface area contributed by atoms with Gasteiger partial charge in [-0.1, -0.05) is 15.9 Å². The molecule has 1 aromatic heterocycles. The van der Waals surface area contributed by atoms with E-state index in [2.05, 4.69) is 36.0 Å². The molecule has 1 atom stereocenters. The highest BCUT2D eigenvalue weighted by Crippen LogP contribution is 2.24. The van der Waals surface area contributed by atoms with Crippen LogP contribution in [0.4, 0.5) is 5.95 Å². The smallest absolute Gasteiger partial charge is 0.245 e. The third kappa shape index (κ3) is 2.94. The van der Waals surface area contributed by atoms with Crippen molar-refractivity contribution in [2.45, 2.75) is 45.6 Å². The van der Waals surface area contributed by atoms with Crippen LogP contribution in [-0.4, -0.2) is 33.1 Å². The lowest BCUT2D eigenvalue weighted by molar-refractivity contribution is 0.443. The minimum absolute atomic E-state index is 0.562. The van der Waals surface area contributed by atoms with Gasteiger partial charge in [-0.15, -0.1) is 5.10 Å². The van der Waals surface area contributed by atoms with Crippen molar-refractivity contribution in [3.05, 3.63) is 11.4 Å². The van der Waals surface area contributed by atoms with Crippen molar-refractivity contribution in [3.8, 4) is 0 Å². The highest BCUT2D eigenvalue weighted by Gasteiger charge is 2.24. The number of nitrogens with zero attached hydrogens (tertiary/aromatic N) is 4. The Morgan fingerprint density at radius 2 is 2.06 bits per heavy atom. The fourth-order valence-electron chi connectivity index (χ4n) is 2.26. The number of halogens is 1. The molecular formula is C12H19BrN4. The molecule has 0 saturated carbocycles. The second-order valence-corrected chi connectivity index (χ2v) is 5.40. The Bertz CT molecular complexity index is 381. The fourth-order valence-corrected chi connectivity index (χ4v) is 2.79. The predicted octanol–water partition coefficient (Wildman–Crippen LogP) is 2.63. The Kier molecular flexibility index (Phi) is 4.31. The summed E-state index contributed by atoms with van der Waals surface area (Å²) in [6.07, 6.45) is 4.93.